The Labute approximate surface area is 121 Å². The van der Waals surface area contributed by atoms with Crippen LogP contribution in [0, 0.1) is 17.2 Å². The number of aliphatic hydroxyl groups excluding tert-OH is 2. The van der Waals surface area contributed by atoms with E-state index in [9.17, 15) is 14.6 Å². The van der Waals surface area contributed by atoms with Gasteiger partial charge in [-0.15, -0.1) is 0 Å². The molecule has 0 spiro atoms. The number of aliphatic hydroxyl groups is 2. The molecule has 1 aliphatic carbocycles. The van der Waals surface area contributed by atoms with Crippen molar-refractivity contribution in [2.75, 3.05) is 13.2 Å². The van der Waals surface area contributed by atoms with Gasteiger partial charge in [-0.1, -0.05) is 34.8 Å². The van der Waals surface area contributed by atoms with E-state index in [1.165, 1.54) is 6.07 Å². The predicted octanol–water partition coefficient (Wildman–Crippen LogP) is 3.29. The third kappa shape index (κ3) is 3.18. The molecule has 0 radical (unpaired) electrons. The van der Waals surface area contributed by atoms with Crippen molar-refractivity contribution in [2.45, 2.75) is 32.1 Å². The summed E-state index contributed by atoms with van der Waals surface area (Å²) in [4.78, 5) is 0. The van der Waals surface area contributed by atoms with Crippen LogP contribution in [0.3, 0.4) is 0 Å². The van der Waals surface area contributed by atoms with Gasteiger partial charge < -0.3 is 10.2 Å². The van der Waals surface area contributed by atoms with Crippen LogP contribution < -0.4 is 0 Å². The maximum absolute atomic E-state index is 13.9. The second-order valence-corrected chi connectivity index (χ2v) is 6.49. The largest absolute Gasteiger partial charge is 0.396 e. The molecule has 2 nitrogen and oxygen atoms in total. The van der Waals surface area contributed by atoms with Crippen molar-refractivity contribution in [3.05, 3.63) is 34.1 Å². The van der Waals surface area contributed by atoms with E-state index in [1.54, 1.807) is 12.1 Å². The minimum absolute atomic E-state index is 0.0936. The fraction of sp³-hybridized carbons (Fsp3) is 0.600. The standard InChI is InChI=1S/C15H20BrFO2/c16-13-6-5-11(14(17)7-13)8-15(9-18,10-19)12-3-1-2-4-12/h5-7,12,18-19H,1-4,8-10H2. The maximum atomic E-state index is 13.9. The van der Waals surface area contributed by atoms with Crippen molar-refractivity contribution in [2.24, 2.45) is 11.3 Å². The van der Waals surface area contributed by atoms with Crippen LogP contribution in [-0.4, -0.2) is 23.4 Å². The minimum atomic E-state index is -0.592. The number of benzene rings is 1. The molecule has 4 heteroatoms. The van der Waals surface area contributed by atoms with Gasteiger partial charge in [-0.2, -0.15) is 0 Å². The van der Waals surface area contributed by atoms with E-state index in [1.807, 2.05) is 0 Å². The maximum Gasteiger partial charge on any atom is 0.127 e. The molecule has 0 aliphatic heterocycles. The summed E-state index contributed by atoms with van der Waals surface area (Å²) in [6.07, 6.45) is 4.69. The minimum Gasteiger partial charge on any atom is -0.396 e. The molecular formula is C15H20BrFO2. The molecule has 1 aliphatic rings. The Kier molecular flexibility index (Phi) is 4.98. The highest BCUT2D eigenvalue weighted by Gasteiger charge is 2.39. The lowest BCUT2D eigenvalue weighted by atomic mass is 9.71. The second kappa shape index (κ2) is 6.33. The number of halogens is 2. The van der Waals surface area contributed by atoms with Crippen molar-refractivity contribution >= 4 is 15.9 Å². The lowest BCUT2D eigenvalue weighted by molar-refractivity contribution is 0.00513. The molecule has 0 bridgehead atoms. The molecule has 1 aromatic carbocycles. The van der Waals surface area contributed by atoms with E-state index in [2.05, 4.69) is 15.9 Å². The summed E-state index contributed by atoms with van der Waals surface area (Å²) in [5.41, 5.74) is -0.0243. The molecular weight excluding hydrogens is 311 g/mol. The van der Waals surface area contributed by atoms with Gasteiger partial charge in [0.2, 0.25) is 0 Å². The van der Waals surface area contributed by atoms with Gasteiger partial charge >= 0.3 is 0 Å². The zero-order chi connectivity index (χ0) is 13.9. The van der Waals surface area contributed by atoms with Gasteiger partial charge in [0.25, 0.3) is 0 Å². The Morgan fingerprint density at radius 3 is 2.37 bits per heavy atom. The van der Waals surface area contributed by atoms with Crippen LogP contribution in [0.4, 0.5) is 4.39 Å². The van der Waals surface area contributed by atoms with Crippen LogP contribution >= 0.6 is 15.9 Å². The van der Waals surface area contributed by atoms with E-state index in [0.29, 0.717) is 16.5 Å². The van der Waals surface area contributed by atoms with Crippen LogP contribution in [-0.2, 0) is 6.42 Å². The lowest BCUT2D eigenvalue weighted by Gasteiger charge is -2.36. The van der Waals surface area contributed by atoms with Crippen molar-refractivity contribution in [1.29, 1.82) is 0 Å². The lowest BCUT2D eigenvalue weighted by Crippen LogP contribution is -2.39. The number of rotatable bonds is 5. The predicted molar refractivity (Wildman–Crippen MR) is 76.4 cm³/mol. The van der Waals surface area contributed by atoms with E-state index in [-0.39, 0.29) is 24.9 Å². The molecule has 2 rings (SSSR count). The summed E-state index contributed by atoms with van der Waals surface area (Å²) < 4.78 is 14.6. The van der Waals surface area contributed by atoms with Crippen molar-refractivity contribution in [1.82, 2.24) is 0 Å². The van der Waals surface area contributed by atoms with E-state index in [4.69, 9.17) is 0 Å². The first kappa shape index (κ1) is 14.9. The molecule has 1 saturated carbocycles. The van der Waals surface area contributed by atoms with Crippen molar-refractivity contribution in [3.63, 3.8) is 0 Å². The summed E-state index contributed by atoms with van der Waals surface area (Å²) in [6.45, 7) is -0.187. The summed E-state index contributed by atoms with van der Waals surface area (Å²) >= 11 is 3.24. The summed E-state index contributed by atoms with van der Waals surface area (Å²) in [5.74, 6) is 0.00388. The SMILES string of the molecule is OCC(CO)(Cc1ccc(Br)cc1F)C1CCCC1. The van der Waals surface area contributed by atoms with Crippen LogP contribution in [0.25, 0.3) is 0 Å². The molecule has 0 unspecified atom stereocenters. The molecule has 0 saturated heterocycles. The molecule has 0 atom stereocenters. The first-order valence-corrected chi connectivity index (χ1v) is 7.56. The molecule has 0 aromatic heterocycles. The topological polar surface area (TPSA) is 40.5 Å². The van der Waals surface area contributed by atoms with E-state index in [0.717, 1.165) is 25.7 Å². The third-order valence-corrected chi connectivity index (χ3v) is 4.90. The monoisotopic (exact) mass is 330 g/mol. The number of hydrogen-bond donors (Lipinski definition) is 2. The Hall–Kier alpha value is -0.450. The Morgan fingerprint density at radius 1 is 1.21 bits per heavy atom. The molecule has 19 heavy (non-hydrogen) atoms. The van der Waals surface area contributed by atoms with Crippen LogP contribution in [0.5, 0.6) is 0 Å². The molecule has 1 aromatic rings. The summed E-state index contributed by atoms with van der Waals surface area (Å²) in [7, 11) is 0. The van der Waals surface area contributed by atoms with Gasteiger partial charge in [-0.3, -0.25) is 0 Å². The zero-order valence-corrected chi connectivity index (χ0v) is 12.5. The smallest absolute Gasteiger partial charge is 0.127 e. The van der Waals surface area contributed by atoms with E-state index >= 15 is 0 Å². The number of hydrogen-bond acceptors (Lipinski definition) is 2. The Balaban J connectivity index is 2.24. The fourth-order valence-electron chi connectivity index (χ4n) is 3.15. The van der Waals surface area contributed by atoms with Gasteiger partial charge in [0.05, 0.1) is 13.2 Å². The average molecular weight is 331 g/mol. The third-order valence-electron chi connectivity index (χ3n) is 4.41. The quantitative estimate of drug-likeness (QED) is 0.869. The normalized spacial score (nSPS) is 17.1. The van der Waals surface area contributed by atoms with Gasteiger partial charge in [-0.25, -0.2) is 4.39 Å². The molecule has 2 N–H and O–H groups in total. The van der Waals surface area contributed by atoms with Gasteiger partial charge in [-0.05, 0) is 42.9 Å². The molecule has 0 heterocycles. The van der Waals surface area contributed by atoms with Crippen LogP contribution in [0.15, 0.2) is 22.7 Å². The molecule has 1 fully saturated rings. The first-order chi connectivity index (χ1) is 9.11. The highest BCUT2D eigenvalue weighted by atomic mass is 79.9. The van der Waals surface area contributed by atoms with Gasteiger partial charge in [0, 0.05) is 9.89 Å². The van der Waals surface area contributed by atoms with Crippen LogP contribution in [0.1, 0.15) is 31.2 Å². The first-order valence-electron chi connectivity index (χ1n) is 6.77. The van der Waals surface area contributed by atoms with Crippen molar-refractivity contribution in [3.8, 4) is 0 Å². The van der Waals surface area contributed by atoms with E-state index < -0.39 is 5.41 Å². The average Bonchev–Trinajstić information content (AvgIpc) is 2.93. The Morgan fingerprint density at radius 2 is 1.84 bits per heavy atom. The highest BCUT2D eigenvalue weighted by Crippen LogP contribution is 2.42. The molecule has 106 valence electrons. The highest BCUT2D eigenvalue weighted by molar-refractivity contribution is 9.10. The summed E-state index contributed by atoms with van der Waals surface area (Å²) in [6, 6.07) is 4.96. The van der Waals surface area contributed by atoms with Gasteiger partial charge in [0.1, 0.15) is 5.82 Å². The van der Waals surface area contributed by atoms with Gasteiger partial charge in [0.15, 0.2) is 0 Å². The zero-order valence-electron chi connectivity index (χ0n) is 10.9. The van der Waals surface area contributed by atoms with Crippen LogP contribution in [0.2, 0.25) is 0 Å². The summed E-state index contributed by atoms with van der Waals surface area (Å²) in [5, 5.41) is 19.5. The Bertz CT molecular complexity index is 426. The second-order valence-electron chi connectivity index (χ2n) is 5.57. The fourth-order valence-corrected chi connectivity index (χ4v) is 3.48. The van der Waals surface area contributed by atoms with Crippen molar-refractivity contribution < 1.29 is 14.6 Å². The molecule has 0 amide bonds.